The third kappa shape index (κ3) is 6.38. The molecule has 0 unspecified atom stereocenters. The molecular formula is C42H42N10O4. The average molecular weight is 751 g/mol. The highest BCUT2D eigenvalue weighted by atomic mass is 16.2. The maximum absolute atomic E-state index is 13.2. The molecule has 0 amide bonds. The number of carbonyl (C=O) groups is 4. The molecule has 0 aliphatic heterocycles. The second-order valence-electron chi connectivity index (χ2n) is 14.2. The molecular weight excluding hydrogens is 709 g/mol. The molecule has 0 aliphatic carbocycles. The van der Waals surface area contributed by atoms with Crippen molar-refractivity contribution >= 4 is 34.7 Å². The van der Waals surface area contributed by atoms with E-state index in [1.54, 1.807) is 20.9 Å². The number of nitrogens with zero attached hydrogens (tertiary/aromatic N) is 10. The van der Waals surface area contributed by atoms with Gasteiger partial charge in [-0.05, 0) is 130 Å². The normalized spacial score (nSPS) is 11.3. The zero-order chi connectivity index (χ0) is 40.3. The van der Waals surface area contributed by atoms with Gasteiger partial charge in [0.05, 0.1) is 44.9 Å². The lowest BCUT2D eigenvalue weighted by molar-refractivity contribution is 0.0926. The Hall–Kier alpha value is -6.96. The lowest BCUT2D eigenvalue weighted by Crippen LogP contribution is -2.18. The highest BCUT2D eigenvalue weighted by Gasteiger charge is 2.26. The van der Waals surface area contributed by atoms with E-state index in [1.165, 1.54) is 18.7 Å². The fraction of sp³-hybridized carbons (Fsp3) is 0.238. The van der Waals surface area contributed by atoms with Crippen molar-refractivity contribution in [3.05, 3.63) is 152 Å². The quantitative estimate of drug-likeness (QED) is 0.198. The molecule has 0 N–H and O–H groups in total. The van der Waals surface area contributed by atoms with E-state index in [0.717, 1.165) is 56.9 Å². The lowest BCUT2D eigenvalue weighted by Gasteiger charge is -2.07. The van der Waals surface area contributed by atoms with Crippen LogP contribution in [0.5, 0.6) is 0 Å². The number of hydrogen-bond acceptors (Lipinski definition) is 8. The minimum atomic E-state index is -0.276. The Kier molecular flexibility index (Phi) is 9.36. The number of rotatable bonds is 4. The average Bonchev–Trinajstić information content (AvgIpc) is 3.99. The van der Waals surface area contributed by atoms with E-state index in [9.17, 15) is 19.2 Å². The second-order valence-corrected chi connectivity index (χ2v) is 14.2. The Morgan fingerprint density at radius 2 is 0.661 bits per heavy atom. The highest BCUT2D eigenvalue weighted by molar-refractivity contribution is 6.07. The van der Waals surface area contributed by atoms with Crippen LogP contribution in [-0.4, -0.2) is 71.6 Å². The Labute approximate surface area is 322 Å². The van der Waals surface area contributed by atoms with E-state index >= 15 is 0 Å². The van der Waals surface area contributed by atoms with Crippen molar-refractivity contribution in [2.24, 2.45) is 0 Å². The SMILES string of the molecule is Cc1cc(C)n(C(=O)c2cc(C(=O)n3nc(C)cc3C)n3c(C)cccc23)n1.Cc1cc(C)n(C(=O)c2cc(C(=O)n3nc(C)cc3C)n3c(C)cccc23)n1. The van der Waals surface area contributed by atoms with Gasteiger partial charge in [0.1, 0.15) is 11.4 Å². The van der Waals surface area contributed by atoms with Crippen LogP contribution in [0.4, 0.5) is 0 Å². The topological polar surface area (TPSA) is 148 Å². The van der Waals surface area contributed by atoms with Gasteiger partial charge in [-0.25, -0.2) is 9.36 Å². The van der Waals surface area contributed by atoms with Gasteiger partial charge < -0.3 is 8.80 Å². The van der Waals surface area contributed by atoms with E-state index in [-0.39, 0.29) is 23.6 Å². The van der Waals surface area contributed by atoms with Gasteiger partial charge in [-0.2, -0.15) is 29.8 Å². The smallest absolute Gasteiger partial charge is 0.295 e. The van der Waals surface area contributed by atoms with E-state index in [0.29, 0.717) is 33.5 Å². The number of fused-ring (bicyclic) bond motifs is 2. The summed E-state index contributed by atoms with van der Waals surface area (Å²) in [4.78, 5) is 52.9. The summed E-state index contributed by atoms with van der Waals surface area (Å²) in [5.74, 6) is -1.08. The third-order valence-electron chi connectivity index (χ3n) is 9.67. The maximum atomic E-state index is 13.2. The van der Waals surface area contributed by atoms with E-state index < -0.39 is 0 Å². The third-order valence-corrected chi connectivity index (χ3v) is 9.67. The van der Waals surface area contributed by atoms with E-state index in [1.807, 2.05) is 130 Å². The van der Waals surface area contributed by atoms with Gasteiger partial charge in [-0.1, -0.05) is 12.1 Å². The van der Waals surface area contributed by atoms with Crippen LogP contribution in [0.15, 0.2) is 72.8 Å². The molecule has 8 aromatic heterocycles. The van der Waals surface area contributed by atoms with Gasteiger partial charge in [-0.3, -0.25) is 19.2 Å². The summed E-state index contributed by atoms with van der Waals surface area (Å²) < 4.78 is 9.12. The van der Waals surface area contributed by atoms with Crippen molar-refractivity contribution in [3.8, 4) is 0 Å². The lowest BCUT2D eigenvalue weighted by atomic mass is 10.2. The summed E-state index contributed by atoms with van der Waals surface area (Å²) in [6.45, 7) is 18.5. The second kappa shape index (κ2) is 14.0. The van der Waals surface area contributed by atoms with Gasteiger partial charge >= 0.3 is 0 Å². The molecule has 0 fully saturated rings. The molecule has 8 rings (SSSR count). The summed E-state index contributed by atoms with van der Waals surface area (Å²) in [7, 11) is 0. The van der Waals surface area contributed by atoms with Crippen molar-refractivity contribution in [2.75, 3.05) is 0 Å². The Bertz CT molecular complexity index is 2710. The Morgan fingerprint density at radius 1 is 0.375 bits per heavy atom. The van der Waals surface area contributed by atoms with Gasteiger partial charge in [0.2, 0.25) is 0 Å². The number of aromatic nitrogens is 10. The summed E-state index contributed by atoms with van der Waals surface area (Å²) in [5.41, 5.74) is 10.8. The molecule has 0 radical (unpaired) electrons. The number of pyridine rings is 2. The van der Waals surface area contributed by atoms with Crippen LogP contribution in [0.3, 0.4) is 0 Å². The minimum Gasteiger partial charge on any atom is -0.309 e. The molecule has 14 heteroatoms. The van der Waals surface area contributed by atoms with Crippen molar-refractivity contribution < 1.29 is 19.2 Å². The molecule has 14 nitrogen and oxygen atoms in total. The van der Waals surface area contributed by atoms with Crippen molar-refractivity contribution in [3.63, 3.8) is 0 Å². The van der Waals surface area contributed by atoms with Crippen LogP contribution in [0, 0.1) is 69.2 Å². The molecule has 8 heterocycles. The van der Waals surface area contributed by atoms with Crippen LogP contribution in [0.1, 0.15) is 98.6 Å². The predicted molar refractivity (Wildman–Crippen MR) is 210 cm³/mol. The molecule has 0 saturated heterocycles. The molecule has 284 valence electrons. The predicted octanol–water partition coefficient (Wildman–Crippen LogP) is 6.50. The van der Waals surface area contributed by atoms with Crippen molar-refractivity contribution in [1.82, 2.24) is 47.9 Å². The largest absolute Gasteiger partial charge is 0.309 e. The van der Waals surface area contributed by atoms with Crippen LogP contribution in [0.2, 0.25) is 0 Å². The Morgan fingerprint density at radius 3 is 0.929 bits per heavy atom. The van der Waals surface area contributed by atoms with Crippen molar-refractivity contribution in [1.29, 1.82) is 0 Å². The maximum Gasteiger partial charge on any atom is 0.295 e. The standard InChI is InChI=1S/2C21H21N5O2/c2*1-12-9-15(4)25(22-12)20(27)17-11-19(24-14(3)7-6-8-18(17)24)21(28)26-16(5)10-13(2)23-26/h2*6-11H,1-5H3. The van der Waals surface area contributed by atoms with Crippen molar-refractivity contribution in [2.45, 2.75) is 69.2 Å². The molecule has 0 spiro atoms. The summed E-state index contributed by atoms with van der Waals surface area (Å²) in [6, 6.07) is 21.9. The molecule has 0 saturated carbocycles. The zero-order valence-corrected chi connectivity index (χ0v) is 33.0. The zero-order valence-electron chi connectivity index (χ0n) is 33.0. The van der Waals surface area contributed by atoms with Crippen LogP contribution in [0.25, 0.3) is 11.0 Å². The summed E-state index contributed by atoms with van der Waals surface area (Å²) in [5, 5.41) is 17.2. The number of carbonyl (C=O) groups excluding carboxylic acids is 4. The molecule has 56 heavy (non-hydrogen) atoms. The highest BCUT2D eigenvalue weighted by Crippen LogP contribution is 2.24. The minimum absolute atomic E-state index is 0.263. The first kappa shape index (κ1) is 37.4. The number of aryl methyl sites for hydroxylation is 10. The summed E-state index contributed by atoms with van der Waals surface area (Å²) in [6.07, 6.45) is 0. The van der Waals surface area contributed by atoms with Gasteiger partial charge in [0.25, 0.3) is 23.6 Å². The van der Waals surface area contributed by atoms with Crippen LogP contribution in [-0.2, 0) is 0 Å². The van der Waals surface area contributed by atoms with Gasteiger partial charge in [0.15, 0.2) is 0 Å². The fourth-order valence-electron chi connectivity index (χ4n) is 7.29. The molecule has 0 bridgehead atoms. The van der Waals surface area contributed by atoms with Gasteiger partial charge in [-0.15, -0.1) is 0 Å². The molecule has 8 aromatic rings. The number of hydrogen-bond donors (Lipinski definition) is 0. The first-order chi connectivity index (χ1) is 26.5. The fourth-order valence-corrected chi connectivity index (χ4v) is 7.29. The molecule has 0 aliphatic rings. The van der Waals surface area contributed by atoms with E-state index in [2.05, 4.69) is 20.4 Å². The first-order valence-electron chi connectivity index (χ1n) is 18.1. The molecule has 0 aromatic carbocycles. The van der Waals surface area contributed by atoms with Crippen LogP contribution < -0.4 is 0 Å². The molecule has 0 atom stereocenters. The monoisotopic (exact) mass is 750 g/mol. The van der Waals surface area contributed by atoms with Crippen LogP contribution >= 0.6 is 0 Å². The first-order valence-corrected chi connectivity index (χ1v) is 18.1. The Balaban J connectivity index is 0.000000172. The van der Waals surface area contributed by atoms with Gasteiger partial charge in [0, 0.05) is 34.2 Å². The van der Waals surface area contributed by atoms with E-state index in [4.69, 9.17) is 0 Å². The summed E-state index contributed by atoms with van der Waals surface area (Å²) >= 11 is 0.